The van der Waals surface area contributed by atoms with Gasteiger partial charge < -0.3 is 19.9 Å². The van der Waals surface area contributed by atoms with E-state index in [4.69, 9.17) is 9.47 Å². The molecule has 0 spiro atoms. The van der Waals surface area contributed by atoms with Gasteiger partial charge in [0, 0.05) is 56.9 Å². The summed E-state index contributed by atoms with van der Waals surface area (Å²) in [5, 5.41) is 17.0. The smallest absolute Gasteiger partial charge is 0.231 e. The van der Waals surface area contributed by atoms with Crippen LogP contribution in [-0.2, 0) is 27.8 Å². The molecule has 2 aromatic carbocycles. The second kappa shape index (κ2) is 17.7. The van der Waals surface area contributed by atoms with Crippen molar-refractivity contribution in [2.24, 2.45) is 11.8 Å². The molecule has 1 amide bonds. The summed E-state index contributed by atoms with van der Waals surface area (Å²) in [4.78, 5) is 21.3. The zero-order valence-corrected chi connectivity index (χ0v) is 31.1. The van der Waals surface area contributed by atoms with Gasteiger partial charge in [0.2, 0.25) is 22.7 Å². The lowest BCUT2D eigenvalue weighted by atomic mass is 10.00. The number of benzene rings is 2. The lowest BCUT2D eigenvalue weighted by molar-refractivity contribution is -0.125. The maximum absolute atomic E-state index is 13.7. The summed E-state index contributed by atoms with van der Waals surface area (Å²) >= 11 is 0. The van der Waals surface area contributed by atoms with Gasteiger partial charge in [0.1, 0.15) is 0 Å². The van der Waals surface area contributed by atoms with Crippen LogP contribution >= 0.6 is 10.7 Å². The van der Waals surface area contributed by atoms with E-state index in [1.54, 1.807) is 13.1 Å². The molecule has 1 fully saturated rings. The van der Waals surface area contributed by atoms with E-state index < -0.39 is 44.7 Å². The molecule has 3 aromatic rings. The molecule has 1 unspecified atom stereocenters. The molecule has 1 aromatic heterocycles. The highest BCUT2D eigenvalue weighted by Gasteiger charge is 2.33. The molecule has 50 heavy (non-hydrogen) atoms. The van der Waals surface area contributed by atoms with Crippen molar-refractivity contribution in [3.63, 3.8) is 0 Å². The van der Waals surface area contributed by atoms with Crippen molar-refractivity contribution in [3.05, 3.63) is 84.2 Å². The average Bonchev–Trinajstić information content (AvgIpc) is 3.57. The van der Waals surface area contributed by atoms with Gasteiger partial charge in [-0.05, 0) is 60.5 Å². The fourth-order valence-corrected chi connectivity index (χ4v) is 10.1. The molecule has 0 aliphatic carbocycles. The molecule has 1 saturated heterocycles. The highest BCUT2D eigenvalue weighted by Crippen LogP contribution is 2.40. The van der Waals surface area contributed by atoms with Crippen LogP contribution in [-0.4, -0.2) is 107 Å². The number of hydrogen-bond acceptors (Lipinski definition) is 9. The van der Waals surface area contributed by atoms with E-state index in [0.717, 1.165) is 16.2 Å². The number of amides is 1. The standard InChI is InChI=1S/C37H51N5O6S2/c1-5-49(32-14-15-35-36(22-32)48-27-47-35)41(23-28(2)3)25-34(43)33(21-30-11-7-6-8-12-30)39-37(44)29(4)26-50(45,46)42-19-17-40(18-20-42)24-31-13-9-10-16-38-31/h5-16,22,28-29,33-34,43H,17-21,23-27H2,1-4H3,(H,39,44)/t29-,33+,34-,49?/m1/s1. The Morgan fingerprint density at radius 3 is 2.40 bits per heavy atom. The topological polar surface area (TPSA) is 125 Å². The van der Waals surface area contributed by atoms with Crippen LogP contribution in [0, 0.1) is 11.8 Å². The van der Waals surface area contributed by atoms with E-state index in [9.17, 15) is 18.3 Å². The number of nitrogens with zero attached hydrogens (tertiary/aromatic N) is 4. The van der Waals surface area contributed by atoms with Crippen LogP contribution in [0.4, 0.5) is 0 Å². The number of rotatable bonds is 16. The molecule has 0 bridgehead atoms. The second-order valence-electron chi connectivity index (χ2n) is 13.4. The van der Waals surface area contributed by atoms with Crippen molar-refractivity contribution in [1.29, 1.82) is 0 Å². The largest absolute Gasteiger partial charge is 0.454 e. The van der Waals surface area contributed by atoms with Gasteiger partial charge in [-0.3, -0.25) is 14.7 Å². The predicted octanol–water partition coefficient (Wildman–Crippen LogP) is 4.01. The first-order chi connectivity index (χ1) is 24.0. The molecule has 13 heteroatoms. The average molecular weight is 726 g/mol. The van der Waals surface area contributed by atoms with E-state index in [1.807, 2.05) is 73.7 Å². The number of carbonyl (C=O) groups is 1. The molecular weight excluding hydrogens is 675 g/mol. The van der Waals surface area contributed by atoms with Gasteiger partial charge in [-0.2, -0.15) is 4.31 Å². The molecule has 2 N–H and O–H groups in total. The fourth-order valence-electron chi connectivity index (χ4n) is 6.28. The number of fused-ring (bicyclic) bond motifs is 1. The Labute approximate surface area is 299 Å². The third kappa shape index (κ3) is 10.4. The number of nitrogens with one attached hydrogen (secondary N) is 1. The van der Waals surface area contributed by atoms with Crippen molar-refractivity contribution in [2.75, 3.05) is 51.8 Å². The minimum Gasteiger partial charge on any atom is -0.454 e. The Balaban J connectivity index is 1.25. The zero-order valence-electron chi connectivity index (χ0n) is 29.5. The molecule has 2 aliphatic heterocycles. The first-order valence-electron chi connectivity index (χ1n) is 17.3. The number of aliphatic hydroxyl groups is 1. The maximum Gasteiger partial charge on any atom is 0.231 e. The molecule has 0 saturated carbocycles. The van der Waals surface area contributed by atoms with Crippen LogP contribution < -0.4 is 14.8 Å². The Kier molecular flexibility index (Phi) is 13.5. The third-order valence-electron chi connectivity index (χ3n) is 8.88. The second-order valence-corrected chi connectivity index (χ2v) is 17.5. The molecule has 11 nitrogen and oxygen atoms in total. The van der Waals surface area contributed by atoms with Gasteiger partial charge in [0.05, 0.1) is 29.5 Å². The van der Waals surface area contributed by atoms with Gasteiger partial charge in [0.15, 0.2) is 11.5 Å². The van der Waals surface area contributed by atoms with Crippen molar-refractivity contribution >= 4 is 32.0 Å². The van der Waals surface area contributed by atoms with Crippen molar-refractivity contribution in [1.82, 2.24) is 23.8 Å². The van der Waals surface area contributed by atoms with E-state index in [2.05, 4.69) is 38.7 Å². The number of pyridine rings is 1. The normalized spacial score (nSPS) is 17.9. The van der Waals surface area contributed by atoms with Gasteiger partial charge in [-0.15, -0.1) is 0 Å². The highest BCUT2D eigenvalue weighted by atomic mass is 32.2. The van der Waals surface area contributed by atoms with Crippen LogP contribution in [0.25, 0.3) is 0 Å². The summed E-state index contributed by atoms with van der Waals surface area (Å²) < 4.78 is 41.9. The summed E-state index contributed by atoms with van der Waals surface area (Å²) in [7, 11) is -4.16. The summed E-state index contributed by atoms with van der Waals surface area (Å²) in [5.41, 5.74) is 1.92. The van der Waals surface area contributed by atoms with E-state index in [-0.39, 0.29) is 12.5 Å². The molecule has 2 aliphatic rings. The Morgan fingerprint density at radius 2 is 1.72 bits per heavy atom. The van der Waals surface area contributed by atoms with Crippen LogP contribution in [0.5, 0.6) is 11.5 Å². The molecule has 272 valence electrons. The van der Waals surface area contributed by atoms with E-state index >= 15 is 0 Å². The molecular formula is C37H51N5O6S2. The molecule has 3 heterocycles. The number of piperazine rings is 1. The van der Waals surface area contributed by atoms with E-state index in [1.165, 1.54) is 4.31 Å². The minimum absolute atomic E-state index is 0.195. The lowest BCUT2D eigenvalue weighted by Gasteiger charge is -2.35. The highest BCUT2D eigenvalue weighted by molar-refractivity contribution is 8.13. The summed E-state index contributed by atoms with van der Waals surface area (Å²) in [6.07, 6.45) is 1.22. The fraction of sp³-hybridized carbons (Fsp3) is 0.486. The number of carbonyl (C=O) groups excluding carboxylic acids is 1. The first kappa shape index (κ1) is 37.9. The number of sulfonamides is 1. The Hall–Kier alpha value is -3.33. The summed E-state index contributed by atoms with van der Waals surface area (Å²) in [6.45, 7) is 11.7. The first-order valence-corrected chi connectivity index (χ1v) is 20.2. The number of aliphatic hydroxyl groups excluding tert-OH is 1. The quantitative estimate of drug-likeness (QED) is 0.211. The lowest BCUT2D eigenvalue weighted by Crippen LogP contribution is -2.52. The van der Waals surface area contributed by atoms with Crippen LogP contribution in [0.15, 0.2) is 77.8 Å². The Morgan fingerprint density at radius 1 is 1.00 bits per heavy atom. The van der Waals surface area contributed by atoms with Gasteiger partial charge in [-0.25, -0.2) is 12.7 Å². The van der Waals surface area contributed by atoms with Crippen LogP contribution in [0.1, 0.15) is 39.0 Å². The summed E-state index contributed by atoms with van der Waals surface area (Å²) in [6, 6.07) is 20.8. The summed E-state index contributed by atoms with van der Waals surface area (Å²) in [5.74, 6) is 0.233. The monoisotopic (exact) mass is 725 g/mol. The van der Waals surface area contributed by atoms with Gasteiger partial charge in [-0.1, -0.05) is 67.8 Å². The van der Waals surface area contributed by atoms with Gasteiger partial charge in [0.25, 0.3) is 0 Å². The van der Waals surface area contributed by atoms with Crippen LogP contribution in [0.3, 0.4) is 0 Å². The molecule has 5 rings (SSSR count). The Bertz CT molecular complexity index is 1680. The third-order valence-corrected chi connectivity index (χ3v) is 13.0. The number of aromatic nitrogens is 1. The minimum atomic E-state index is -3.68. The van der Waals surface area contributed by atoms with Crippen molar-refractivity contribution in [3.8, 4) is 11.5 Å². The maximum atomic E-state index is 13.7. The number of ether oxygens (including phenoxy) is 2. The number of hydrogen-bond donors (Lipinski definition) is 2. The van der Waals surface area contributed by atoms with E-state index in [0.29, 0.717) is 69.7 Å². The van der Waals surface area contributed by atoms with Crippen LogP contribution in [0.2, 0.25) is 0 Å². The van der Waals surface area contributed by atoms with Crippen molar-refractivity contribution < 1.29 is 27.8 Å². The SMILES string of the molecule is C/C=S(\c1ccc2c(c1)OCO2)N(CC(C)C)C[C@@H](O)[C@H](Cc1ccccc1)NC(=O)[C@H](C)CS(=O)(=O)N1CCN(Cc2ccccn2)CC1. The predicted molar refractivity (Wildman–Crippen MR) is 199 cm³/mol. The molecule has 4 atom stereocenters. The van der Waals surface area contributed by atoms with Crippen molar-refractivity contribution in [2.45, 2.75) is 57.7 Å². The zero-order chi connectivity index (χ0) is 35.7. The molecule has 0 radical (unpaired) electrons. The van der Waals surface area contributed by atoms with Gasteiger partial charge >= 0.3 is 0 Å².